The van der Waals surface area contributed by atoms with E-state index in [1.807, 2.05) is 0 Å². The normalized spacial score (nSPS) is 8.00. The maximum absolute atomic E-state index is 10.2. The minimum atomic E-state index is -1.33. The number of hydrogen-bond donors (Lipinski definition) is 0. The molecule has 0 amide bonds. The van der Waals surface area contributed by atoms with Gasteiger partial charge in [-0.3, -0.25) is 0 Å². The third kappa shape index (κ3) is 4.49. The molecular weight excluding hydrogens is 207 g/mol. The average molecular weight is 211 g/mol. The summed E-state index contributed by atoms with van der Waals surface area (Å²) >= 11 is 0. The third-order valence-corrected chi connectivity index (χ3v) is 1.36. The second kappa shape index (κ2) is 7.33. The van der Waals surface area contributed by atoms with Crippen LogP contribution in [-0.4, -0.2) is 49.7 Å². The Kier molecular flexibility index (Phi) is 8.61. The molecule has 4 nitrogen and oxygen atoms in total. The molecule has 0 saturated heterocycles. The van der Waals surface area contributed by atoms with Crippen molar-refractivity contribution in [2.45, 2.75) is 0 Å². The molecule has 0 bridgehead atoms. The Bertz CT molecular complexity index is 290. The van der Waals surface area contributed by atoms with Crippen molar-refractivity contribution in [3.63, 3.8) is 0 Å². The van der Waals surface area contributed by atoms with E-state index in [9.17, 15) is 19.8 Å². The van der Waals surface area contributed by atoms with Gasteiger partial charge in [-0.05, 0) is 11.1 Å². The Morgan fingerprint density at radius 1 is 0.857 bits per heavy atom. The van der Waals surface area contributed by atoms with Crippen LogP contribution in [0.15, 0.2) is 24.3 Å². The summed E-state index contributed by atoms with van der Waals surface area (Å²) in [4.78, 5) is 20.4. The van der Waals surface area contributed by atoms with Gasteiger partial charge < -0.3 is 19.8 Å². The van der Waals surface area contributed by atoms with Crippen molar-refractivity contribution in [2.24, 2.45) is 0 Å². The summed E-state index contributed by atoms with van der Waals surface area (Å²) in [5.41, 5.74) is -0.111. The second-order valence-corrected chi connectivity index (χ2v) is 2.15. The molecule has 0 aliphatic carbocycles. The minimum absolute atomic E-state index is 0. The Morgan fingerprint density at radius 3 is 1.21 bits per heavy atom. The molecule has 0 aromatic heterocycles. The van der Waals surface area contributed by atoms with Crippen LogP contribution >= 0.6 is 0 Å². The fourth-order valence-corrected chi connectivity index (χ4v) is 0.742. The van der Waals surface area contributed by atoms with Gasteiger partial charge in [-0.2, -0.15) is 0 Å². The number of hydrogen-bond acceptors (Lipinski definition) is 4. The van der Waals surface area contributed by atoms with E-state index in [0.717, 1.165) is 24.3 Å². The Balaban J connectivity index is 0. The molecule has 62 valence electrons. The van der Waals surface area contributed by atoms with E-state index in [1.165, 1.54) is 0 Å². The molecule has 0 heterocycles. The van der Waals surface area contributed by atoms with Crippen LogP contribution in [0.1, 0.15) is 20.7 Å². The van der Waals surface area contributed by atoms with E-state index >= 15 is 0 Å². The van der Waals surface area contributed by atoms with Crippen LogP contribution < -0.4 is 29.1 Å². The predicted molar refractivity (Wildman–Crippen MR) is 40.9 cm³/mol. The van der Waals surface area contributed by atoms with Crippen molar-refractivity contribution in [1.29, 1.82) is 0 Å². The van der Waals surface area contributed by atoms with Crippen molar-refractivity contribution in [3.05, 3.63) is 35.4 Å². The first-order valence-corrected chi connectivity index (χ1v) is 3.14. The second-order valence-electron chi connectivity index (χ2n) is 2.15. The first-order valence-electron chi connectivity index (χ1n) is 3.14. The first-order chi connectivity index (χ1) is 5.61. The van der Waals surface area contributed by atoms with Crippen molar-refractivity contribution in [3.8, 4) is 0 Å². The van der Waals surface area contributed by atoms with Gasteiger partial charge in [-0.1, -0.05) is 24.3 Å². The number of carboxylic acids is 2. The van der Waals surface area contributed by atoms with Gasteiger partial charge in [0, 0.05) is 0 Å². The van der Waals surface area contributed by atoms with E-state index in [1.54, 1.807) is 0 Å². The van der Waals surface area contributed by atoms with Gasteiger partial charge in [0.2, 0.25) is 0 Å². The minimum Gasteiger partial charge on any atom is -0.545 e. The Hall–Kier alpha value is 0.0171. The molecule has 14 heavy (non-hydrogen) atoms. The number of benzene rings is 1. The van der Waals surface area contributed by atoms with E-state index < -0.39 is 11.9 Å². The monoisotopic (exact) mass is 211 g/mol. The van der Waals surface area contributed by atoms with Gasteiger partial charge in [0.15, 0.2) is 0 Å². The molecule has 1 aromatic carbocycles. The quantitative estimate of drug-likeness (QED) is 0.459. The summed E-state index contributed by atoms with van der Waals surface area (Å²) in [6.07, 6.45) is 0. The van der Waals surface area contributed by atoms with Crippen molar-refractivity contribution < 1.29 is 38.7 Å². The third-order valence-electron chi connectivity index (χ3n) is 1.36. The van der Waals surface area contributed by atoms with E-state index in [2.05, 4.69) is 0 Å². The smallest absolute Gasteiger partial charge is 0.545 e. The van der Waals surface area contributed by atoms with E-state index in [4.69, 9.17) is 0 Å². The van der Waals surface area contributed by atoms with Gasteiger partial charge in [0.05, 0.1) is 11.9 Å². The first kappa shape index (κ1) is 16.4. The van der Waals surface area contributed by atoms with E-state index in [-0.39, 0.29) is 67.7 Å². The zero-order chi connectivity index (χ0) is 9.14. The largest absolute Gasteiger partial charge is 2.00 e. The standard InChI is InChI=1S/C8H6O4.Ca.Li/c9-7(10)5-1-2-6(4-3-5)8(11)12;;/h1-4H,(H,9,10)(H,11,12);;/q;+2;+1/p-2. The summed E-state index contributed by atoms with van der Waals surface area (Å²) in [5, 5.41) is 20.4. The molecule has 0 spiro atoms. The van der Waals surface area contributed by atoms with Crippen LogP contribution in [0, 0.1) is 0 Å². The molecule has 0 N–H and O–H groups in total. The summed E-state index contributed by atoms with van der Waals surface area (Å²) in [6, 6.07) is 4.61. The molecule has 0 aliphatic heterocycles. The van der Waals surface area contributed by atoms with Crippen LogP contribution in [0.2, 0.25) is 0 Å². The number of carbonyl (C=O) groups is 2. The van der Waals surface area contributed by atoms with Crippen LogP contribution in [0.25, 0.3) is 0 Å². The topological polar surface area (TPSA) is 80.3 Å². The molecule has 0 aliphatic rings. The SMILES string of the molecule is O=C([O-])c1ccc(C(=O)[O-])cc1.[Ca+2].[Li+]. The zero-order valence-electron chi connectivity index (χ0n) is 7.65. The number of rotatable bonds is 2. The fourth-order valence-electron chi connectivity index (χ4n) is 0.742. The number of carbonyl (C=O) groups excluding carboxylic acids is 2. The number of aromatic carboxylic acids is 2. The summed E-state index contributed by atoms with van der Waals surface area (Å²) in [7, 11) is 0. The summed E-state index contributed by atoms with van der Waals surface area (Å²) < 4.78 is 0. The molecular formula is C8H4CaLiO4+. The van der Waals surface area contributed by atoms with Gasteiger partial charge >= 0.3 is 56.6 Å². The van der Waals surface area contributed by atoms with Crippen molar-refractivity contribution in [2.75, 3.05) is 0 Å². The Morgan fingerprint density at radius 2 is 1.07 bits per heavy atom. The van der Waals surface area contributed by atoms with Crippen LogP contribution in [-0.2, 0) is 0 Å². The van der Waals surface area contributed by atoms with Gasteiger partial charge in [-0.15, -0.1) is 0 Å². The maximum atomic E-state index is 10.2. The predicted octanol–water partition coefficient (Wildman–Crippen LogP) is -4.96. The van der Waals surface area contributed by atoms with Crippen molar-refractivity contribution in [1.82, 2.24) is 0 Å². The molecule has 0 saturated carbocycles. The molecule has 0 fully saturated rings. The molecule has 1 rings (SSSR count). The van der Waals surface area contributed by atoms with E-state index in [0.29, 0.717) is 0 Å². The van der Waals surface area contributed by atoms with Gasteiger partial charge in [-0.25, -0.2) is 0 Å². The van der Waals surface area contributed by atoms with Crippen LogP contribution in [0.5, 0.6) is 0 Å². The van der Waals surface area contributed by atoms with Gasteiger partial charge in [0.1, 0.15) is 0 Å². The molecule has 1 aromatic rings. The Labute approximate surface area is 122 Å². The van der Waals surface area contributed by atoms with Gasteiger partial charge in [0.25, 0.3) is 0 Å². The molecule has 0 unspecified atom stereocenters. The van der Waals surface area contributed by atoms with Crippen LogP contribution in [0.4, 0.5) is 0 Å². The average Bonchev–Trinajstić information content (AvgIpc) is 2.04. The molecule has 0 radical (unpaired) electrons. The van der Waals surface area contributed by atoms with Crippen molar-refractivity contribution >= 4 is 49.7 Å². The molecule has 0 atom stereocenters. The van der Waals surface area contributed by atoms with Crippen LogP contribution in [0.3, 0.4) is 0 Å². The summed E-state index contributed by atoms with van der Waals surface area (Å²) in [6.45, 7) is 0. The zero-order valence-corrected chi connectivity index (χ0v) is 9.86. The fraction of sp³-hybridized carbons (Fsp3) is 0. The molecule has 6 heteroatoms. The maximum Gasteiger partial charge on any atom is 2.00 e. The number of carboxylic acid groups (broad SMARTS) is 2. The summed E-state index contributed by atoms with van der Waals surface area (Å²) in [5.74, 6) is -2.67.